The van der Waals surface area contributed by atoms with E-state index < -0.39 is 17.9 Å². The number of nitrogens with zero attached hydrogens (tertiary/aromatic N) is 1. The predicted octanol–water partition coefficient (Wildman–Crippen LogP) is -1.50. The third-order valence-corrected chi connectivity index (χ3v) is 0.945. The van der Waals surface area contributed by atoms with Crippen LogP contribution in [0.15, 0.2) is 4.99 Å². The van der Waals surface area contributed by atoms with Crippen LogP contribution in [0, 0.1) is 0 Å². The molecule has 0 aromatic rings. The molecule has 0 fully saturated rings. The number of nitrogens with one attached hydrogen (secondary N) is 1. The summed E-state index contributed by atoms with van der Waals surface area (Å²) >= 11 is 0. The lowest BCUT2D eigenvalue weighted by molar-refractivity contribution is -0.143. The SMILES string of the molecule is NNC=NCC(=O)O.O=C(O)CCC(=O)O. The van der Waals surface area contributed by atoms with Gasteiger partial charge in [0.05, 0.1) is 19.2 Å². The van der Waals surface area contributed by atoms with Crippen LogP contribution in [0.5, 0.6) is 0 Å². The van der Waals surface area contributed by atoms with Crippen LogP contribution >= 0.6 is 0 Å². The van der Waals surface area contributed by atoms with Crippen molar-refractivity contribution in [1.82, 2.24) is 5.43 Å². The van der Waals surface area contributed by atoms with Crippen molar-refractivity contribution < 1.29 is 29.7 Å². The first kappa shape index (κ1) is 16.3. The van der Waals surface area contributed by atoms with E-state index in [1.54, 1.807) is 0 Å². The van der Waals surface area contributed by atoms with Crippen molar-refractivity contribution in [3.63, 3.8) is 0 Å². The fraction of sp³-hybridized carbons (Fsp3) is 0.429. The van der Waals surface area contributed by atoms with Crippen LogP contribution < -0.4 is 11.3 Å². The molecule has 9 nitrogen and oxygen atoms in total. The second kappa shape index (κ2) is 10.9. The number of carboxylic acid groups (broad SMARTS) is 3. The molecule has 0 saturated carbocycles. The Balaban J connectivity index is 0. The lowest BCUT2D eigenvalue weighted by Gasteiger charge is -1.85. The molecule has 92 valence electrons. The summed E-state index contributed by atoms with van der Waals surface area (Å²) in [5.41, 5.74) is 2.07. The number of carboxylic acids is 3. The van der Waals surface area contributed by atoms with Crippen LogP contribution in [-0.4, -0.2) is 46.1 Å². The van der Waals surface area contributed by atoms with E-state index in [0.717, 1.165) is 6.34 Å². The molecule has 6 N–H and O–H groups in total. The topological polar surface area (TPSA) is 162 Å². The molecule has 0 amide bonds. The Labute approximate surface area is 90.6 Å². The van der Waals surface area contributed by atoms with E-state index in [2.05, 4.69) is 10.4 Å². The molecule has 0 atom stereocenters. The number of carbonyl (C=O) groups is 3. The van der Waals surface area contributed by atoms with Gasteiger partial charge in [-0.15, -0.1) is 0 Å². The summed E-state index contributed by atoms with van der Waals surface area (Å²) in [6, 6.07) is 0. The number of aliphatic imine (C=N–C) groups is 1. The molecule has 0 heterocycles. The molecular weight excluding hydrogens is 222 g/mol. The number of nitrogens with two attached hydrogens (primary N) is 1. The Morgan fingerprint density at radius 3 is 1.75 bits per heavy atom. The average molecular weight is 235 g/mol. The minimum absolute atomic E-state index is 0.246. The third-order valence-electron chi connectivity index (χ3n) is 0.945. The molecule has 0 saturated heterocycles. The maximum absolute atomic E-state index is 9.69. The number of hydrogen-bond acceptors (Lipinski definition) is 5. The lowest BCUT2D eigenvalue weighted by Crippen LogP contribution is -2.19. The van der Waals surface area contributed by atoms with Gasteiger partial charge < -0.3 is 20.7 Å². The zero-order chi connectivity index (χ0) is 13.0. The van der Waals surface area contributed by atoms with Crippen LogP contribution in [0.1, 0.15) is 12.8 Å². The average Bonchev–Trinajstić information content (AvgIpc) is 2.16. The first-order valence-electron chi connectivity index (χ1n) is 4.00. The van der Waals surface area contributed by atoms with Gasteiger partial charge in [-0.2, -0.15) is 0 Å². The standard InChI is InChI=1S/C4H6O4.C3H7N3O2/c5-3(6)1-2-4(7)8;4-6-2-5-1-3(7)8/h1-2H2,(H,5,6)(H,7,8);2H,1,4H2,(H,5,6)(H,7,8). The molecule has 0 aromatic heterocycles. The first-order chi connectivity index (χ1) is 7.40. The van der Waals surface area contributed by atoms with Crippen molar-refractivity contribution in [3.8, 4) is 0 Å². The molecule has 0 rings (SSSR count). The second-order valence-corrected chi connectivity index (χ2v) is 2.32. The second-order valence-electron chi connectivity index (χ2n) is 2.32. The molecule has 16 heavy (non-hydrogen) atoms. The van der Waals surface area contributed by atoms with Gasteiger partial charge in [-0.1, -0.05) is 0 Å². The van der Waals surface area contributed by atoms with E-state index in [1.165, 1.54) is 0 Å². The number of rotatable bonds is 6. The summed E-state index contributed by atoms with van der Waals surface area (Å²) < 4.78 is 0. The normalized spacial score (nSPS) is 9.06. The van der Waals surface area contributed by atoms with E-state index >= 15 is 0 Å². The summed E-state index contributed by atoms with van der Waals surface area (Å²) in [4.78, 5) is 32.3. The molecule has 0 aliphatic carbocycles. The van der Waals surface area contributed by atoms with E-state index in [4.69, 9.17) is 21.2 Å². The molecule has 9 heteroatoms. The monoisotopic (exact) mass is 235 g/mol. The highest BCUT2D eigenvalue weighted by Gasteiger charge is 2.00. The summed E-state index contributed by atoms with van der Waals surface area (Å²) in [6.07, 6.45) is 0.527. The molecule has 0 bridgehead atoms. The van der Waals surface area contributed by atoms with Crippen LogP contribution in [0.3, 0.4) is 0 Å². The maximum Gasteiger partial charge on any atom is 0.325 e. The van der Waals surface area contributed by atoms with Crippen molar-refractivity contribution in [2.75, 3.05) is 6.54 Å². The van der Waals surface area contributed by atoms with Gasteiger partial charge in [0, 0.05) is 0 Å². The minimum Gasteiger partial charge on any atom is -0.481 e. The first-order valence-corrected chi connectivity index (χ1v) is 4.00. The van der Waals surface area contributed by atoms with Crippen LogP contribution in [0.25, 0.3) is 0 Å². The zero-order valence-corrected chi connectivity index (χ0v) is 8.29. The van der Waals surface area contributed by atoms with Crippen LogP contribution in [0.2, 0.25) is 0 Å². The minimum atomic E-state index is -1.08. The maximum atomic E-state index is 9.69. The molecular formula is C7H13N3O6. The van der Waals surface area contributed by atoms with E-state index in [9.17, 15) is 14.4 Å². The van der Waals surface area contributed by atoms with E-state index in [1.807, 2.05) is 0 Å². The van der Waals surface area contributed by atoms with Crippen molar-refractivity contribution >= 4 is 24.2 Å². The number of hydrogen-bond donors (Lipinski definition) is 5. The molecule has 0 spiro atoms. The molecule has 0 radical (unpaired) electrons. The summed E-state index contributed by atoms with van der Waals surface area (Å²) in [5, 5.41) is 23.8. The van der Waals surface area contributed by atoms with Gasteiger partial charge in [-0.05, 0) is 0 Å². The highest BCUT2D eigenvalue weighted by Crippen LogP contribution is 1.86. The van der Waals surface area contributed by atoms with E-state index in [0.29, 0.717) is 0 Å². The van der Waals surface area contributed by atoms with Crippen LogP contribution in [0.4, 0.5) is 0 Å². The van der Waals surface area contributed by atoms with Gasteiger partial charge in [0.15, 0.2) is 0 Å². The lowest BCUT2D eigenvalue weighted by atomic mass is 10.3. The number of aliphatic carboxylic acids is 3. The Morgan fingerprint density at radius 2 is 1.50 bits per heavy atom. The van der Waals surface area contributed by atoms with Gasteiger partial charge in [-0.25, -0.2) is 5.84 Å². The van der Waals surface area contributed by atoms with Crippen LogP contribution in [-0.2, 0) is 14.4 Å². The van der Waals surface area contributed by atoms with Gasteiger partial charge in [0.25, 0.3) is 0 Å². The van der Waals surface area contributed by atoms with Crippen molar-refractivity contribution in [2.24, 2.45) is 10.8 Å². The van der Waals surface area contributed by atoms with Gasteiger partial charge in [0.1, 0.15) is 6.54 Å². The third kappa shape index (κ3) is 22.6. The van der Waals surface area contributed by atoms with Gasteiger partial charge in [0.2, 0.25) is 0 Å². The number of hydrazine groups is 1. The van der Waals surface area contributed by atoms with Crippen molar-refractivity contribution in [1.29, 1.82) is 0 Å². The smallest absolute Gasteiger partial charge is 0.325 e. The Bertz CT molecular complexity index is 251. The Hall–Kier alpha value is -2.16. The van der Waals surface area contributed by atoms with Gasteiger partial charge >= 0.3 is 17.9 Å². The Kier molecular flexibility index (Phi) is 11.1. The Morgan fingerprint density at radius 1 is 1.06 bits per heavy atom. The molecule has 0 aliphatic rings. The molecule has 0 aromatic carbocycles. The highest BCUT2D eigenvalue weighted by atomic mass is 16.4. The molecule has 0 aliphatic heterocycles. The zero-order valence-electron chi connectivity index (χ0n) is 8.29. The van der Waals surface area contributed by atoms with E-state index in [-0.39, 0.29) is 19.4 Å². The summed E-state index contributed by atoms with van der Waals surface area (Å²) in [5.74, 6) is 1.59. The largest absolute Gasteiger partial charge is 0.481 e. The summed E-state index contributed by atoms with van der Waals surface area (Å²) in [7, 11) is 0. The quantitative estimate of drug-likeness (QED) is 0.161. The van der Waals surface area contributed by atoms with Crippen molar-refractivity contribution in [3.05, 3.63) is 0 Å². The predicted molar refractivity (Wildman–Crippen MR) is 52.8 cm³/mol. The fourth-order valence-corrected chi connectivity index (χ4v) is 0.390. The fourth-order valence-electron chi connectivity index (χ4n) is 0.390. The molecule has 0 unspecified atom stereocenters. The summed E-state index contributed by atoms with van der Waals surface area (Å²) in [6.45, 7) is -0.246. The van der Waals surface area contributed by atoms with Crippen molar-refractivity contribution in [2.45, 2.75) is 12.8 Å². The highest BCUT2D eigenvalue weighted by molar-refractivity contribution is 5.75. The van der Waals surface area contributed by atoms with Gasteiger partial charge in [-0.3, -0.25) is 19.4 Å².